The Hall–Kier alpha value is -4.68. The van der Waals surface area contributed by atoms with Crippen LogP contribution in [0.1, 0.15) is 1.37 Å². The van der Waals surface area contributed by atoms with E-state index in [-0.39, 0.29) is 5.43 Å². The Kier molecular flexibility index (Phi) is 3.39. The first-order valence-corrected chi connectivity index (χ1v) is 12.7. The Morgan fingerprint density at radius 2 is 1.41 bits per heavy atom. The highest BCUT2D eigenvalue weighted by atomic mass is 32.2. The summed E-state index contributed by atoms with van der Waals surface area (Å²) in [5.74, 6) is 3.09. The topological polar surface area (TPSA) is 51.9 Å². The van der Waals surface area contributed by atoms with Crippen molar-refractivity contribution >= 4 is 50.8 Å². The molecule has 0 N–H and O–H groups in total. The number of nitrogens with zero attached hydrogens (tertiary/aromatic N) is 1. The average molecular weight is 499 g/mol. The quantitative estimate of drug-likeness (QED) is 0.211. The van der Waals surface area contributed by atoms with Gasteiger partial charge < -0.3 is 13.9 Å². The maximum Gasteiger partial charge on any atom is 0.200 e. The van der Waals surface area contributed by atoms with Crippen LogP contribution in [0.4, 0.5) is 17.1 Å². The van der Waals surface area contributed by atoms with Crippen molar-refractivity contribution < 1.29 is 15.3 Å². The van der Waals surface area contributed by atoms with Crippen LogP contribution < -0.4 is 19.8 Å². The molecule has 0 saturated carbocycles. The smallest absolute Gasteiger partial charge is 0.200 e. The zero-order chi connectivity index (χ0) is 25.1. The number of fused-ring (bicyclic) bond motifs is 2. The zero-order valence-electron chi connectivity index (χ0n) is 20.1. The van der Waals surface area contributed by atoms with Gasteiger partial charge in [-0.3, -0.25) is 9.69 Å². The third-order valence-electron chi connectivity index (χ3n) is 7.14. The number of hydrogen-bond donors (Lipinski definition) is 0. The van der Waals surface area contributed by atoms with E-state index < -0.39 is 0 Å². The van der Waals surface area contributed by atoms with Gasteiger partial charge in [0.05, 0.1) is 12.1 Å². The zero-order valence-corrected chi connectivity index (χ0v) is 19.9. The van der Waals surface area contributed by atoms with Crippen molar-refractivity contribution in [3.05, 3.63) is 101 Å². The van der Waals surface area contributed by atoms with Gasteiger partial charge in [-0.25, -0.2) is 0 Å². The highest BCUT2D eigenvalue weighted by molar-refractivity contribution is 7.99. The summed E-state index contributed by atoms with van der Waals surface area (Å²) in [4.78, 5) is 17.8. The summed E-state index contributed by atoms with van der Waals surface area (Å²) < 4.78 is 26.5. The van der Waals surface area contributed by atoms with Gasteiger partial charge in [0.15, 0.2) is 23.0 Å². The molecule has 1 aromatic heterocycles. The van der Waals surface area contributed by atoms with Gasteiger partial charge in [0.25, 0.3) is 0 Å². The number of anilines is 3. The molecule has 0 fully saturated rings. The molecule has 37 heavy (non-hydrogen) atoms. The highest BCUT2D eigenvalue weighted by Crippen LogP contribution is 2.66. The summed E-state index contributed by atoms with van der Waals surface area (Å²) in [7, 11) is 0. The summed E-state index contributed by atoms with van der Waals surface area (Å²) in [5, 5.41) is 0.975. The van der Waals surface area contributed by atoms with Crippen LogP contribution in [0.2, 0.25) is 0 Å². The lowest BCUT2D eigenvalue weighted by Gasteiger charge is -2.42. The van der Waals surface area contributed by atoms with Gasteiger partial charge in [0, 0.05) is 9.79 Å². The maximum atomic E-state index is 13.3. The van der Waals surface area contributed by atoms with Crippen LogP contribution in [0.15, 0.2) is 110 Å². The van der Waals surface area contributed by atoms with Crippen LogP contribution >= 0.6 is 11.8 Å². The number of ether oxygens (including phenoxy) is 2. The Morgan fingerprint density at radius 1 is 0.649 bits per heavy atom. The molecule has 9 rings (SSSR count). The van der Waals surface area contributed by atoms with E-state index in [1.165, 1.54) is 0 Å². The lowest BCUT2D eigenvalue weighted by atomic mass is 10.00. The van der Waals surface area contributed by atoms with E-state index in [2.05, 4.69) is 17.0 Å². The van der Waals surface area contributed by atoms with E-state index in [1.54, 1.807) is 30.0 Å². The van der Waals surface area contributed by atoms with Gasteiger partial charge in [-0.2, -0.15) is 0 Å². The van der Waals surface area contributed by atoms with Crippen LogP contribution in [0.3, 0.4) is 0 Å². The normalized spacial score (nSPS) is 14.2. The fourth-order valence-electron chi connectivity index (χ4n) is 5.52. The van der Waals surface area contributed by atoms with Crippen molar-refractivity contribution in [3.63, 3.8) is 0 Å². The molecular formula is C31H15NO4S. The molecule has 0 radical (unpaired) electrons. The molecule has 5 aromatic carbocycles. The van der Waals surface area contributed by atoms with Crippen molar-refractivity contribution in [2.24, 2.45) is 0 Å². The highest BCUT2D eigenvalue weighted by Gasteiger charge is 2.40. The predicted molar refractivity (Wildman–Crippen MR) is 144 cm³/mol. The van der Waals surface area contributed by atoms with E-state index in [0.717, 1.165) is 61.0 Å². The lowest BCUT2D eigenvalue weighted by molar-refractivity contribution is 0.443. The second-order valence-electron chi connectivity index (χ2n) is 9.23. The number of hydrogen-bond acceptors (Lipinski definition) is 6. The van der Waals surface area contributed by atoms with E-state index >= 15 is 0 Å². The van der Waals surface area contributed by atoms with Crippen LogP contribution in [0.5, 0.6) is 23.0 Å². The molecule has 174 valence electrons. The van der Waals surface area contributed by atoms with Gasteiger partial charge in [-0.1, -0.05) is 42.1 Å². The summed E-state index contributed by atoms with van der Waals surface area (Å²) in [6, 6.07) is 27.0. The molecule has 0 spiro atoms. The minimum atomic E-state index is -0.107. The van der Waals surface area contributed by atoms with Crippen molar-refractivity contribution in [1.82, 2.24) is 0 Å². The molecule has 3 aliphatic heterocycles. The van der Waals surface area contributed by atoms with Crippen LogP contribution in [0, 0.1) is 0 Å². The number of rotatable bonds is 1. The first-order valence-electron chi connectivity index (χ1n) is 12.4. The predicted octanol–water partition coefficient (Wildman–Crippen LogP) is 8.76. The second kappa shape index (κ2) is 6.75. The van der Waals surface area contributed by atoms with Crippen LogP contribution in [0.25, 0.3) is 33.1 Å². The standard InChI is InChI=1S/C31H15NO4S/c33-31-18-5-1-2-6-20(18)34-21-12-11-16(13-19(21)31)17-14-25-30-27(15-17)37-26-10-4-9-24-29(26)32(30)28-22(35-24)7-3-8-23(28)36-25/h1-15H/i2D. The van der Waals surface area contributed by atoms with E-state index in [4.69, 9.17) is 15.3 Å². The van der Waals surface area contributed by atoms with Gasteiger partial charge in [0.1, 0.15) is 28.2 Å². The second-order valence-corrected chi connectivity index (χ2v) is 10.3. The minimum absolute atomic E-state index is 0.107. The number of benzene rings is 5. The van der Waals surface area contributed by atoms with Gasteiger partial charge >= 0.3 is 0 Å². The lowest BCUT2D eigenvalue weighted by Crippen LogP contribution is -2.23. The van der Waals surface area contributed by atoms with Gasteiger partial charge in [0.2, 0.25) is 5.43 Å². The molecule has 0 unspecified atom stereocenters. The molecule has 6 aromatic rings. The molecule has 0 amide bonds. The summed E-state index contributed by atoms with van der Waals surface area (Å²) in [6.07, 6.45) is 0. The largest absolute Gasteiger partial charge is 0.456 e. The van der Waals surface area contributed by atoms with E-state index in [1.807, 2.05) is 54.6 Å². The first-order chi connectivity index (χ1) is 18.6. The molecule has 4 heterocycles. The summed E-state index contributed by atoms with van der Waals surface area (Å²) in [6.45, 7) is 0. The number of para-hydroxylation sites is 3. The summed E-state index contributed by atoms with van der Waals surface area (Å²) >= 11 is 1.69. The maximum absolute atomic E-state index is 13.3. The van der Waals surface area contributed by atoms with Crippen molar-refractivity contribution in [3.8, 4) is 34.1 Å². The van der Waals surface area contributed by atoms with Crippen molar-refractivity contribution in [1.29, 1.82) is 0 Å². The first kappa shape index (κ1) is 18.6. The Bertz CT molecular complexity index is 2040. The fraction of sp³-hybridized carbons (Fsp3) is 0. The van der Waals surface area contributed by atoms with Crippen molar-refractivity contribution in [2.75, 3.05) is 4.90 Å². The minimum Gasteiger partial charge on any atom is -0.456 e. The Balaban J connectivity index is 1.27. The van der Waals surface area contributed by atoms with Gasteiger partial charge in [-0.05, 0) is 71.8 Å². The molecule has 0 aliphatic carbocycles. The molecular weight excluding hydrogens is 482 g/mol. The Morgan fingerprint density at radius 3 is 2.30 bits per heavy atom. The summed E-state index contributed by atoms with van der Waals surface area (Å²) in [5.41, 5.74) is 5.61. The van der Waals surface area contributed by atoms with E-state index in [9.17, 15) is 4.79 Å². The van der Waals surface area contributed by atoms with Crippen molar-refractivity contribution in [2.45, 2.75) is 9.79 Å². The SMILES string of the molecule is [2H]c1ccc2c(=O)c3cc(-c4cc5c6c(c4)Sc4cccc7c4N6c4c(cccc4O5)O7)ccc3oc2c1. The molecule has 6 heteroatoms. The monoisotopic (exact) mass is 498 g/mol. The fourth-order valence-corrected chi connectivity index (χ4v) is 6.66. The van der Waals surface area contributed by atoms with Crippen LogP contribution in [-0.4, -0.2) is 0 Å². The molecule has 5 nitrogen and oxygen atoms in total. The van der Waals surface area contributed by atoms with Crippen LogP contribution in [-0.2, 0) is 0 Å². The average Bonchev–Trinajstić information content (AvgIpc) is 2.93. The molecule has 3 aliphatic rings. The van der Waals surface area contributed by atoms with Gasteiger partial charge in [-0.15, -0.1) is 0 Å². The Labute approximate surface area is 215 Å². The molecule has 0 atom stereocenters. The third kappa shape index (κ3) is 2.52. The molecule has 0 bridgehead atoms. The third-order valence-corrected chi connectivity index (χ3v) is 8.22. The molecule has 0 saturated heterocycles. The van der Waals surface area contributed by atoms with E-state index in [0.29, 0.717) is 28.0 Å².